The highest BCUT2D eigenvalue weighted by atomic mass is 79.9. The molecule has 0 radical (unpaired) electrons. The molecule has 1 nitrogen and oxygen atoms in total. The highest BCUT2D eigenvalue weighted by Crippen LogP contribution is 2.20. The maximum absolute atomic E-state index is 13.4. The van der Waals surface area contributed by atoms with Crippen molar-refractivity contribution in [2.45, 2.75) is 25.8 Å². The van der Waals surface area contributed by atoms with E-state index in [-0.39, 0.29) is 11.9 Å². The molecule has 1 atom stereocenters. The van der Waals surface area contributed by atoms with Gasteiger partial charge >= 0.3 is 0 Å². The maximum Gasteiger partial charge on any atom is 0.123 e. The third-order valence-electron chi connectivity index (χ3n) is 3.34. The Balaban J connectivity index is 2.13. The number of nitrogens with one attached hydrogen (secondary N) is 1. The second-order valence-electron chi connectivity index (χ2n) is 5.03. The van der Waals surface area contributed by atoms with Crippen molar-refractivity contribution in [2.24, 2.45) is 0 Å². The van der Waals surface area contributed by atoms with E-state index in [0.717, 1.165) is 23.0 Å². The fourth-order valence-electron chi connectivity index (χ4n) is 2.42. The van der Waals surface area contributed by atoms with Crippen LogP contribution in [0.15, 0.2) is 46.9 Å². The van der Waals surface area contributed by atoms with Crippen LogP contribution in [-0.4, -0.2) is 12.6 Å². The molecule has 0 saturated carbocycles. The lowest BCUT2D eigenvalue weighted by Gasteiger charge is -2.19. The summed E-state index contributed by atoms with van der Waals surface area (Å²) >= 11 is 9.65. The van der Waals surface area contributed by atoms with Gasteiger partial charge in [-0.05, 0) is 60.8 Å². The van der Waals surface area contributed by atoms with Gasteiger partial charge in [0.15, 0.2) is 0 Å². The number of hydrogen-bond acceptors (Lipinski definition) is 1. The van der Waals surface area contributed by atoms with Crippen molar-refractivity contribution in [1.29, 1.82) is 0 Å². The van der Waals surface area contributed by atoms with E-state index in [2.05, 4.69) is 40.3 Å². The largest absolute Gasteiger partial charge is 0.314 e. The van der Waals surface area contributed by atoms with Gasteiger partial charge in [0.2, 0.25) is 0 Å². The molecular formula is C17H18BrClFN. The summed E-state index contributed by atoms with van der Waals surface area (Å²) in [5.41, 5.74) is 2.08. The van der Waals surface area contributed by atoms with Gasteiger partial charge in [0.1, 0.15) is 5.82 Å². The third-order valence-corrected chi connectivity index (χ3v) is 4.20. The minimum atomic E-state index is -0.243. The van der Waals surface area contributed by atoms with Crippen LogP contribution in [0.2, 0.25) is 5.02 Å². The van der Waals surface area contributed by atoms with Gasteiger partial charge in [0.25, 0.3) is 0 Å². The number of hydrogen-bond donors (Lipinski definition) is 1. The van der Waals surface area contributed by atoms with Crippen molar-refractivity contribution in [2.75, 3.05) is 6.54 Å². The zero-order chi connectivity index (χ0) is 15.2. The van der Waals surface area contributed by atoms with E-state index in [1.807, 2.05) is 12.1 Å². The molecule has 0 aliphatic heterocycles. The van der Waals surface area contributed by atoms with Crippen LogP contribution in [-0.2, 0) is 12.8 Å². The molecule has 0 spiro atoms. The SMILES string of the molecule is CCNC(Cc1cccc(Br)c1)Cc1cc(F)ccc1Cl. The number of benzene rings is 2. The van der Waals surface area contributed by atoms with Crippen molar-refractivity contribution in [3.8, 4) is 0 Å². The lowest BCUT2D eigenvalue weighted by Crippen LogP contribution is -2.33. The number of likely N-dealkylation sites (N-methyl/N-ethyl adjacent to an activating group) is 1. The summed E-state index contributed by atoms with van der Waals surface area (Å²) in [6, 6.07) is 13.0. The van der Waals surface area contributed by atoms with Crippen LogP contribution in [0.3, 0.4) is 0 Å². The summed E-state index contributed by atoms with van der Waals surface area (Å²) in [5, 5.41) is 4.07. The summed E-state index contributed by atoms with van der Waals surface area (Å²) in [6.07, 6.45) is 1.58. The fraction of sp³-hybridized carbons (Fsp3) is 0.294. The van der Waals surface area contributed by atoms with Crippen molar-refractivity contribution in [3.63, 3.8) is 0 Å². The predicted molar refractivity (Wildman–Crippen MR) is 90.4 cm³/mol. The van der Waals surface area contributed by atoms with Crippen LogP contribution in [0.1, 0.15) is 18.1 Å². The van der Waals surface area contributed by atoms with E-state index >= 15 is 0 Å². The Bertz CT molecular complexity index is 603. The monoisotopic (exact) mass is 369 g/mol. The Labute approximate surface area is 138 Å². The minimum absolute atomic E-state index is 0.226. The fourth-order valence-corrected chi connectivity index (χ4v) is 3.06. The molecule has 0 amide bonds. The van der Waals surface area contributed by atoms with E-state index < -0.39 is 0 Å². The Kier molecular flexibility index (Phi) is 6.22. The Morgan fingerprint density at radius 3 is 2.71 bits per heavy atom. The summed E-state index contributed by atoms with van der Waals surface area (Å²) in [6.45, 7) is 2.94. The van der Waals surface area contributed by atoms with Gasteiger partial charge in [0.05, 0.1) is 0 Å². The molecule has 4 heteroatoms. The molecule has 2 rings (SSSR count). The standard InChI is InChI=1S/C17H18BrClFN/c1-2-21-16(9-12-4-3-5-14(18)8-12)11-13-10-15(20)6-7-17(13)19/h3-8,10,16,21H,2,9,11H2,1H3. The van der Waals surface area contributed by atoms with Crippen LogP contribution in [0.4, 0.5) is 4.39 Å². The smallest absolute Gasteiger partial charge is 0.123 e. The van der Waals surface area contributed by atoms with Gasteiger partial charge in [-0.1, -0.05) is 46.6 Å². The van der Waals surface area contributed by atoms with Crippen LogP contribution >= 0.6 is 27.5 Å². The summed E-state index contributed by atoms with van der Waals surface area (Å²) < 4.78 is 14.4. The first-order valence-electron chi connectivity index (χ1n) is 7.00. The van der Waals surface area contributed by atoms with Crippen LogP contribution in [0, 0.1) is 5.82 Å². The summed E-state index contributed by atoms with van der Waals surface area (Å²) in [5.74, 6) is -0.243. The molecule has 0 bridgehead atoms. The molecule has 0 aliphatic rings. The lowest BCUT2D eigenvalue weighted by atomic mass is 9.99. The summed E-state index contributed by atoms with van der Waals surface area (Å²) in [4.78, 5) is 0. The molecule has 1 unspecified atom stereocenters. The van der Waals surface area contributed by atoms with Gasteiger partial charge in [-0.25, -0.2) is 4.39 Å². The Morgan fingerprint density at radius 2 is 2.00 bits per heavy atom. The number of halogens is 3. The van der Waals surface area contributed by atoms with Crippen molar-refractivity contribution in [3.05, 3.63) is 68.9 Å². The molecule has 1 N–H and O–H groups in total. The lowest BCUT2D eigenvalue weighted by molar-refractivity contribution is 0.519. The second kappa shape index (κ2) is 7.92. The molecule has 0 saturated heterocycles. The van der Waals surface area contributed by atoms with Gasteiger partial charge in [-0.15, -0.1) is 0 Å². The van der Waals surface area contributed by atoms with E-state index in [0.29, 0.717) is 11.4 Å². The van der Waals surface area contributed by atoms with Gasteiger partial charge in [-0.3, -0.25) is 0 Å². The van der Waals surface area contributed by atoms with E-state index in [1.165, 1.54) is 17.7 Å². The third kappa shape index (κ3) is 5.10. The van der Waals surface area contributed by atoms with Gasteiger partial charge in [0, 0.05) is 15.5 Å². The van der Waals surface area contributed by atoms with Crippen molar-refractivity contribution in [1.82, 2.24) is 5.32 Å². The minimum Gasteiger partial charge on any atom is -0.314 e. The molecule has 0 heterocycles. The van der Waals surface area contributed by atoms with Gasteiger partial charge < -0.3 is 5.32 Å². The molecule has 21 heavy (non-hydrogen) atoms. The van der Waals surface area contributed by atoms with Crippen molar-refractivity contribution < 1.29 is 4.39 Å². The van der Waals surface area contributed by atoms with Crippen LogP contribution in [0.25, 0.3) is 0 Å². The van der Waals surface area contributed by atoms with Crippen molar-refractivity contribution >= 4 is 27.5 Å². The Morgan fingerprint density at radius 1 is 1.19 bits per heavy atom. The van der Waals surface area contributed by atoms with E-state index in [4.69, 9.17) is 11.6 Å². The predicted octanol–water partition coefficient (Wildman–Crippen LogP) is 5.00. The molecule has 2 aromatic rings. The van der Waals surface area contributed by atoms with E-state index in [9.17, 15) is 4.39 Å². The van der Waals surface area contributed by atoms with Crippen LogP contribution in [0.5, 0.6) is 0 Å². The topological polar surface area (TPSA) is 12.0 Å². The van der Waals surface area contributed by atoms with Gasteiger partial charge in [-0.2, -0.15) is 0 Å². The molecule has 0 aliphatic carbocycles. The number of rotatable bonds is 6. The quantitative estimate of drug-likeness (QED) is 0.754. The molecular weight excluding hydrogens is 353 g/mol. The highest BCUT2D eigenvalue weighted by Gasteiger charge is 2.12. The molecule has 0 fully saturated rings. The molecule has 0 aromatic heterocycles. The Hall–Kier alpha value is -0.900. The average Bonchev–Trinajstić information content (AvgIpc) is 2.43. The summed E-state index contributed by atoms with van der Waals surface area (Å²) in [7, 11) is 0. The zero-order valence-corrected chi connectivity index (χ0v) is 14.2. The molecule has 112 valence electrons. The highest BCUT2D eigenvalue weighted by molar-refractivity contribution is 9.10. The molecule has 2 aromatic carbocycles. The average molecular weight is 371 g/mol. The maximum atomic E-state index is 13.4. The van der Waals surface area contributed by atoms with E-state index in [1.54, 1.807) is 6.07 Å². The first kappa shape index (κ1) is 16.5. The zero-order valence-electron chi connectivity index (χ0n) is 11.9. The first-order valence-corrected chi connectivity index (χ1v) is 8.17. The van der Waals surface area contributed by atoms with Crippen LogP contribution < -0.4 is 5.32 Å². The second-order valence-corrected chi connectivity index (χ2v) is 6.35. The first-order chi connectivity index (χ1) is 10.1. The normalized spacial score (nSPS) is 12.4.